The van der Waals surface area contributed by atoms with Crippen LogP contribution in [0.1, 0.15) is 37.7 Å². The van der Waals surface area contributed by atoms with Crippen molar-refractivity contribution in [1.82, 2.24) is 0 Å². The zero-order valence-corrected chi connectivity index (χ0v) is 8.87. The van der Waals surface area contributed by atoms with Gasteiger partial charge in [0.15, 0.2) is 0 Å². The summed E-state index contributed by atoms with van der Waals surface area (Å²) in [7, 11) is 0. The zero-order chi connectivity index (χ0) is 10.5. The fourth-order valence-corrected chi connectivity index (χ4v) is 2.17. The lowest BCUT2D eigenvalue weighted by Crippen LogP contribution is -2.22. The summed E-state index contributed by atoms with van der Waals surface area (Å²) in [5, 5.41) is 12.4. The van der Waals surface area contributed by atoms with Crippen LogP contribution in [0.2, 0.25) is 0 Å². The Morgan fingerprint density at radius 3 is 2.60 bits per heavy atom. The molecule has 15 heavy (non-hydrogen) atoms. The molecule has 2 heteroatoms. The molecule has 1 N–H and O–H groups in total. The van der Waals surface area contributed by atoms with E-state index in [1.54, 1.807) is 0 Å². The number of benzene rings is 1. The third-order valence-corrected chi connectivity index (χ3v) is 3.01. The van der Waals surface area contributed by atoms with Crippen molar-refractivity contribution in [2.24, 2.45) is 0 Å². The van der Waals surface area contributed by atoms with Crippen molar-refractivity contribution in [1.29, 1.82) is 5.26 Å². The van der Waals surface area contributed by atoms with E-state index in [-0.39, 0.29) is 0 Å². The van der Waals surface area contributed by atoms with Gasteiger partial charge in [0.1, 0.15) is 6.07 Å². The Bertz CT molecular complexity index is 359. The number of nitriles is 1. The molecule has 1 aromatic rings. The van der Waals surface area contributed by atoms with Crippen molar-refractivity contribution >= 4 is 5.69 Å². The minimum Gasteiger partial charge on any atom is -0.381 e. The van der Waals surface area contributed by atoms with E-state index in [9.17, 15) is 0 Å². The summed E-state index contributed by atoms with van der Waals surface area (Å²) in [4.78, 5) is 0. The molecule has 0 bridgehead atoms. The number of hydrogen-bond acceptors (Lipinski definition) is 2. The van der Waals surface area contributed by atoms with Crippen LogP contribution in [0.4, 0.5) is 5.69 Å². The molecular formula is C13H16N2. The Balaban J connectivity index is 2.06. The smallest absolute Gasteiger partial charge is 0.101 e. The van der Waals surface area contributed by atoms with Gasteiger partial charge in [-0.15, -0.1) is 0 Å². The van der Waals surface area contributed by atoms with Gasteiger partial charge in [0.2, 0.25) is 0 Å². The molecule has 0 heterocycles. The van der Waals surface area contributed by atoms with Crippen molar-refractivity contribution in [3.05, 3.63) is 29.8 Å². The van der Waals surface area contributed by atoms with E-state index < -0.39 is 0 Å². The molecule has 0 spiro atoms. The Morgan fingerprint density at radius 1 is 1.13 bits per heavy atom. The Labute approximate surface area is 90.9 Å². The van der Waals surface area contributed by atoms with E-state index in [1.165, 1.54) is 32.1 Å². The van der Waals surface area contributed by atoms with E-state index in [4.69, 9.17) is 5.26 Å². The lowest BCUT2D eigenvalue weighted by Gasteiger charge is -2.24. The highest BCUT2D eigenvalue weighted by atomic mass is 14.9. The van der Waals surface area contributed by atoms with Gasteiger partial charge in [0.05, 0.1) is 11.3 Å². The molecule has 1 saturated carbocycles. The van der Waals surface area contributed by atoms with Crippen LogP contribution in [0.3, 0.4) is 0 Å². The van der Waals surface area contributed by atoms with Crippen LogP contribution >= 0.6 is 0 Å². The number of nitrogens with one attached hydrogen (secondary N) is 1. The van der Waals surface area contributed by atoms with Crippen molar-refractivity contribution < 1.29 is 0 Å². The van der Waals surface area contributed by atoms with Crippen molar-refractivity contribution in [2.45, 2.75) is 38.1 Å². The number of anilines is 1. The fraction of sp³-hybridized carbons (Fsp3) is 0.462. The van der Waals surface area contributed by atoms with Gasteiger partial charge >= 0.3 is 0 Å². The molecule has 1 fully saturated rings. The zero-order valence-electron chi connectivity index (χ0n) is 8.87. The second kappa shape index (κ2) is 4.84. The quantitative estimate of drug-likeness (QED) is 0.795. The van der Waals surface area contributed by atoms with Crippen LogP contribution in [0.25, 0.3) is 0 Å². The first-order chi connectivity index (χ1) is 7.40. The van der Waals surface area contributed by atoms with Gasteiger partial charge in [-0.25, -0.2) is 0 Å². The first kappa shape index (κ1) is 10.0. The highest BCUT2D eigenvalue weighted by molar-refractivity contribution is 5.57. The largest absolute Gasteiger partial charge is 0.381 e. The molecule has 0 saturated heterocycles. The molecule has 78 valence electrons. The highest BCUT2D eigenvalue weighted by Crippen LogP contribution is 2.23. The lowest BCUT2D eigenvalue weighted by atomic mass is 9.95. The molecule has 2 nitrogen and oxygen atoms in total. The Kier molecular flexibility index (Phi) is 3.24. The number of hydrogen-bond donors (Lipinski definition) is 1. The van der Waals surface area contributed by atoms with Gasteiger partial charge in [-0.1, -0.05) is 31.4 Å². The van der Waals surface area contributed by atoms with Crippen LogP contribution in [0.15, 0.2) is 24.3 Å². The van der Waals surface area contributed by atoms with E-state index in [2.05, 4.69) is 11.4 Å². The van der Waals surface area contributed by atoms with Crippen LogP contribution in [-0.2, 0) is 0 Å². The van der Waals surface area contributed by atoms with Gasteiger partial charge in [0, 0.05) is 6.04 Å². The Hall–Kier alpha value is -1.49. The monoisotopic (exact) mass is 200 g/mol. The molecule has 0 aliphatic heterocycles. The van der Waals surface area contributed by atoms with Crippen LogP contribution in [0, 0.1) is 11.3 Å². The topological polar surface area (TPSA) is 35.8 Å². The summed E-state index contributed by atoms with van der Waals surface area (Å²) in [5.74, 6) is 0. The van der Waals surface area contributed by atoms with Crippen molar-refractivity contribution in [3.8, 4) is 6.07 Å². The van der Waals surface area contributed by atoms with Crippen molar-refractivity contribution in [3.63, 3.8) is 0 Å². The standard InChI is InChI=1S/C13H16N2/c14-10-11-6-4-5-9-13(11)15-12-7-2-1-3-8-12/h4-6,9,12,15H,1-3,7-8H2. The maximum Gasteiger partial charge on any atom is 0.101 e. The summed E-state index contributed by atoms with van der Waals surface area (Å²) < 4.78 is 0. The normalized spacial score (nSPS) is 17.0. The third kappa shape index (κ3) is 2.50. The first-order valence-electron chi connectivity index (χ1n) is 5.66. The van der Waals surface area contributed by atoms with E-state index in [1.807, 2.05) is 24.3 Å². The Morgan fingerprint density at radius 2 is 1.87 bits per heavy atom. The predicted molar refractivity (Wildman–Crippen MR) is 61.7 cm³/mol. The molecule has 2 rings (SSSR count). The molecule has 1 aliphatic carbocycles. The fourth-order valence-electron chi connectivity index (χ4n) is 2.17. The number of rotatable bonds is 2. The minimum absolute atomic E-state index is 0.563. The molecule has 0 aromatic heterocycles. The molecule has 0 amide bonds. The SMILES string of the molecule is N#Cc1ccccc1NC1CCCCC1. The van der Waals surface area contributed by atoms with Gasteiger partial charge in [-0.3, -0.25) is 0 Å². The highest BCUT2D eigenvalue weighted by Gasteiger charge is 2.13. The van der Waals surface area contributed by atoms with Crippen molar-refractivity contribution in [2.75, 3.05) is 5.32 Å². The maximum absolute atomic E-state index is 8.96. The predicted octanol–water partition coefficient (Wildman–Crippen LogP) is 3.30. The molecule has 0 unspecified atom stereocenters. The minimum atomic E-state index is 0.563. The first-order valence-corrected chi connectivity index (χ1v) is 5.66. The third-order valence-electron chi connectivity index (χ3n) is 3.01. The second-order valence-corrected chi connectivity index (χ2v) is 4.14. The number of para-hydroxylation sites is 1. The summed E-state index contributed by atoms with van der Waals surface area (Å²) >= 11 is 0. The average Bonchev–Trinajstić information content (AvgIpc) is 2.31. The number of nitrogens with zero attached hydrogens (tertiary/aromatic N) is 1. The van der Waals surface area contributed by atoms with E-state index >= 15 is 0 Å². The van der Waals surface area contributed by atoms with Crippen LogP contribution in [0.5, 0.6) is 0 Å². The summed E-state index contributed by atoms with van der Waals surface area (Å²) in [6, 6.07) is 10.5. The second-order valence-electron chi connectivity index (χ2n) is 4.14. The summed E-state index contributed by atoms with van der Waals surface area (Å²) in [5.41, 5.74) is 1.75. The summed E-state index contributed by atoms with van der Waals surface area (Å²) in [6.07, 6.45) is 6.45. The van der Waals surface area contributed by atoms with Crippen LogP contribution < -0.4 is 5.32 Å². The molecule has 1 aromatic carbocycles. The van der Waals surface area contributed by atoms with E-state index in [0.717, 1.165) is 11.3 Å². The van der Waals surface area contributed by atoms with Gasteiger partial charge in [-0.05, 0) is 25.0 Å². The van der Waals surface area contributed by atoms with Crippen LogP contribution in [-0.4, -0.2) is 6.04 Å². The molecule has 0 atom stereocenters. The molecule has 1 aliphatic rings. The summed E-state index contributed by atoms with van der Waals surface area (Å²) in [6.45, 7) is 0. The molecule has 0 radical (unpaired) electrons. The van der Waals surface area contributed by atoms with Gasteiger partial charge in [0.25, 0.3) is 0 Å². The average molecular weight is 200 g/mol. The lowest BCUT2D eigenvalue weighted by molar-refractivity contribution is 0.462. The molecular weight excluding hydrogens is 184 g/mol. The maximum atomic E-state index is 8.96. The van der Waals surface area contributed by atoms with Gasteiger partial charge < -0.3 is 5.32 Å². The van der Waals surface area contributed by atoms with E-state index in [0.29, 0.717) is 6.04 Å². The van der Waals surface area contributed by atoms with Gasteiger partial charge in [-0.2, -0.15) is 5.26 Å².